The lowest BCUT2D eigenvalue weighted by atomic mass is 10.1. The number of amides is 2. The van der Waals surface area contributed by atoms with Crippen molar-refractivity contribution in [1.82, 2.24) is 9.80 Å². The second kappa shape index (κ2) is 4.61. The van der Waals surface area contributed by atoms with Crippen LogP contribution < -0.4 is 0 Å². The summed E-state index contributed by atoms with van der Waals surface area (Å²) in [5.41, 5.74) is 0. The molecule has 2 aliphatic heterocycles. The largest absolute Gasteiger partial charge is 0.325 e. The Morgan fingerprint density at radius 2 is 1.31 bits per heavy atom. The van der Waals surface area contributed by atoms with Crippen molar-refractivity contribution in [3.8, 4) is 0 Å². The second-order valence-corrected chi connectivity index (χ2v) is 6.77. The highest BCUT2D eigenvalue weighted by atomic mass is 32.2. The van der Waals surface area contributed by atoms with Crippen LogP contribution in [0.2, 0.25) is 0 Å². The van der Waals surface area contributed by atoms with Crippen molar-refractivity contribution in [3.05, 3.63) is 0 Å². The lowest BCUT2D eigenvalue weighted by Gasteiger charge is -2.34. The van der Waals surface area contributed by atoms with Gasteiger partial charge in [-0.3, -0.25) is 0 Å². The summed E-state index contributed by atoms with van der Waals surface area (Å²) in [6.45, 7) is 2.36. The fraction of sp³-hybridized carbons (Fsp3) is 0.900. The van der Waals surface area contributed by atoms with Crippen molar-refractivity contribution in [2.45, 2.75) is 19.3 Å². The number of nitrogens with zero attached hydrogens (tertiary/aromatic N) is 2. The molecule has 0 saturated carbocycles. The van der Waals surface area contributed by atoms with Gasteiger partial charge in [0.15, 0.2) is 9.84 Å². The van der Waals surface area contributed by atoms with Gasteiger partial charge < -0.3 is 9.80 Å². The first-order valence-electron chi connectivity index (χ1n) is 5.83. The Morgan fingerprint density at radius 1 is 0.812 bits per heavy atom. The monoisotopic (exact) mass is 246 g/mol. The highest BCUT2D eigenvalue weighted by molar-refractivity contribution is 7.91. The standard InChI is InChI=1S/C10H18N2O3S/c13-10(11-4-2-1-3-5-11)12-6-8-16(14,15)9-7-12/h1-9H2. The number of urea groups is 1. The number of carbonyl (C=O) groups excluding carboxylic acids is 1. The quantitative estimate of drug-likeness (QED) is 0.618. The summed E-state index contributed by atoms with van der Waals surface area (Å²) < 4.78 is 22.5. The van der Waals surface area contributed by atoms with E-state index < -0.39 is 9.84 Å². The molecule has 2 fully saturated rings. The number of piperidine rings is 1. The fourth-order valence-corrected chi connectivity index (χ4v) is 3.39. The average Bonchev–Trinajstić information content (AvgIpc) is 2.29. The molecule has 2 saturated heterocycles. The summed E-state index contributed by atoms with van der Waals surface area (Å²) in [5, 5.41) is 0. The van der Waals surface area contributed by atoms with Gasteiger partial charge in [-0.2, -0.15) is 0 Å². The third kappa shape index (κ3) is 2.66. The van der Waals surface area contributed by atoms with Gasteiger partial charge in [0, 0.05) is 26.2 Å². The maximum absolute atomic E-state index is 12.0. The van der Waals surface area contributed by atoms with Crippen LogP contribution in [-0.2, 0) is 9.84 Å². The van der Waals surface area contributed by atoms with Crippen molar-refractivity contribution in [2.75, 3.05) is 37.7 Å². The molecular formula is C10H18N2O3S. The van der Waals surface area contributed by atoms with E-state index in [0.29, 0.717) is 13.1 Å². The average molecular weight is 246 g/mol. The van der Waals surface area contributed by atoms with Gasteiger partial charge in [0.05, 0.1) is 11.5 Å². The Hall–Kier alpha value is -0.780. The predicted molar refractivity (Wildman–Crippen MR) is 61.0 cm³/mol. The summed E-state index contributed by atoms with van der Waals surface area (Å²) >= 11 is 0. The van der Waals surface area contributed by atoms with Gasteiger partial charge >= 0.3 is 6.03 Å². The van der Waals surface area contributed by atoms with Crippen LogP contribution in [0.15, 0.2) is 0 Å². The molecule has 0 radical (unpaired) electrons. The number of likely N-dealkylation sites (tertiary alicyclic amines) is 1. The van der Waals surface area contributed by atoms with Crippen molar-refractivity contribution in [2.24, 2.45) is 0 Å². The molecule has 0 aromatic carbocycles. The first kappa shape index (κ1) is 11.7. The lowest BCUT2D eigenvalue weighted by Crippen LogP contribution is -2.50. The van der Waals surface area contributed by atoms with E-state index in [9.17, 15) is 13.2 Å². The molecule has 0 aromatic rings. The Bertz CT molecular complexity index is 346. The van der Waals surface area contributed by atoms with Crippen molar-refractivity contribution < 1.29 is 13.2 Å². The zero-order valence-corrected chi connectivity index (χ0v) is 10.2. The Morgan fingerprint density at radius 3 is 1.88 bits per heavy atom. The second-order valence-electron chi connectivity index (χ2n) is 4.47. The first-order chi connectivity index (χ1) is 7.58. The lowest BCUT2D eigenvalue weighted by molar-refractivity contribution is 0.147. The molecule has 2 amide bonds. The molecule has 16 heavy (non-hydrogen) atoms. The number of rotatable bonds is 0. The summed E-state index contributed by atoms with van der Waals surface area (Å²) in [7, 11) is -2.89. The van der Waals surface area contributed by atoms with Gasteiger partial charge in [-0.1, -0.05) is 0 Å². The van der Waals surface area contributed by atoms with E-state index in [0.717, 1.165) is 25.9 Å². The minimum absolute atomic E-state index is 0.0228. The van der Waals surface area contributed by atoms with Crippen molar-refractivity contribution in [1.29, 1.82) is 0 Å². The van der Waals surface area contributed by atoms with Gasteiger partial charge in [-0.05, 0) is 19.3 Å². The molecule has 92 valence electrons. The van der Waals surface area contributed by atoms with Crippen LogP contribution in [0.5, 0.6) is 0 Å². The highest BCUT2D eigenvalue weighted by Gasteiger charge is 2.28. The molecular weight excluding hydrogens is 228 g/mol. The van der Waals surface area contributed by atoms with E-state index in [1.54, 1.807) is 4.90 Å². The normalized spacial score (nSPS) is 25.5. The van der Waals surface area contributed by atoms with Crippen LogP contribution in [0, 0.1) is 0 Å². The van der Waals surface area contributed by atoms with Crippen LogP contribution >= 0.6 is 0 Å². The topological polar surface area (TPSA) is 57.7 Å². The van der Waals surface area contributed by atoms with Crippen LogP contribution in [0.1, 0.15) is 19.3 Å². The minimum atomic E-state index is -2.89. The molecule has 2 aliphatic rings. The van der Waals surface area contributed by atoms with Crippen molar-refractivity contribution >= 4 is 15.9 Å². The molecule has 6 heteroatoms. The van der Waals surface area contributed by atoms with Crippen LogP contribution in [-0.4, -0.2) is 61.9 Å². The molecule has 2 rings (SSSR count). The van der Waals surface area contributed by atoms with Gasteiger partial charge in [-0.25, -0.2) is 13.2 Å². The molecule has 0 unspecified atom stereocenters. The molecule has 0 spiro atoms. The van der Waals surface area contributed by atoms with E-state index >= 15 is 0 Å². The maximum Gasteiger partial charge on any atom is 0.320 e. The SMILES string of the molecule is O=C(N1CCCCC1)N1CCS(=O)(=O)CC1. The van der Waals surface area contributed by atoms with Gasteiger partial charge in [0.2, 0.25) is 0 Å². The third-order valence-electron chi connectivity index (χ3n) is 3.24. The predicted octanol–water partition coefficient (Wildman–Crippen LogP) is 0.323. The number of hydrogen-bond donors (Lipinski definition) is 0. The van der Waals surface area contributed by atoms with Crippen LogP contribution in [0.4, 0.5) is 4.79 Å². The molecule has 2 heterocycles. The Balaban J connectivity index is 1.90. The summed E-state index contributed by atoms with van der Waals surface area (Å²) in [6.07, 6.45) is 3.33. The van der Waals surface area contributed by atoms with Gasteiger partial charge in [-0.15, -0.1) is 0 Å². The zero-order valence-electron chi connectivity index (χ0n) is 9.39. The number of hydrogen-bond acceptors (Lipinski definition) is 3. The Kier molecular flexibility index (Phi) is 3.37. The van der Waals surface area contributed by atoms with E-state index in [1.165, 1.54) is 6.42 Å². The molecule has 0 atom stereocenters. The van der Waals surface area contributed by atoms with Crippen LogP contribution in [0.3, 0.4) is 0 Å². The maximum atomic E-state index is 12.0. The minimum Gasteiger partial charge on any atom is -0.325 e. The summed E-state index contributed by atoms with van der Waals surface area (Å²) in [6, 6.07) is 0.0228. The molecule has 0 N–H and O–H groups in total. The zero-order chi connectivity index (χ0) is 11.6. The van der Waals surface area contributed by atoms with E-state index in [4.69, 9.17) is 0 Å². The molecule has 0 aliphatic carbocycles. The fourth-order valence-electron chi connectivity index (χ4n) is 2.19. The molecule has 0 bridgehead atoms. The smallest absolute Gasteiger partial charge is 0.320 e. The highest BCUT2D eigenvalue weighted by Crippen LogP contribution is 2.13. The van der Waals surface area contributed by atoms with Crippen LogP contribution in [0.25, 0.3) is 0 Å². The molecule has 0 aromatic heterocycles. The van der Waals surface area contributed by atoms with Crippen molar-refractivity contribution in [3.63, 3.8) is 0 Å². The van der Waals surface area contributed by atoms with E-state index in [2.05, 4.69) is 0 Å². The van der Waals surface area contributed by atoms with E-state index in [-0.39, 0.29) is 17.5 Å². The number of sulfone groups is 1. The molecule has 5 nitrogen and oxygen atoms in total. The number of carbonyl (C=O) groups is 1. The summed E-state index contributed by atoms with van der Waals surface area (Å²) in [5.74, 6) is 0.235. The van der Waals surface area contributed by atoms with Gasteiger partial charge in [0.25, 0.3) is 0 Å². The van der Waals surface area contributed by atoms with Gasteiger partial charge in [0.1, 0.15) is 0 Å². The third-order valence-corrected chi connectivity index (χ3v) is 4.85. The van der Waals surface area contributed by atoms with E-state index in [1.807, 2.05) is 4.90 Å². The first-order valence-corrected chi connectivity index (χ1v) is 7.65. The Labute approximate surface area is 96.3 Å². The summed E-state index contributed by atoms with van der Waals surface area (Å²) in [4.78, 5) is 15.5.